The highest BCUT2D eigenvalue weighted by molar-refractivity contribution is 5.94. The van der Waals surface area contributed by atoms with Crippen LogP contribution in [0.2, 0.25) is 0 Å². The fourth-order valence-corrected chi connectivity index (χ4v) is 6.52. The fourth-order valence-electron chi connectivity index (χ4n) is 6.52. The summed E-state index contributed by atoms with van der Waals surface area (Å²) in [5.41, 5.74) is 9.29. The summed E-state index contributed by atoms with van der Waals surface area (Å²) in [6.07, 6.45) is 14.5. The highest BCUT2D eigenvalue weighted by Crippen LogP contribution is 2.43. The SMILES string of the molecule is Cc1cc(C2CCCCC2)cc(-c2c3ccc(C4CCC(C)(C)CC4)cc3cc[n+]2C)c1C. The number of benzene rings is 2. The number of aryl methyl sites for hydroxylation is 2. The normalized spacial score (nSPS) is 19.8. The predicted octanol–water partition coefficient (Wildman–Crippen LogP) is 8.68. The first-order chi connectivity index (χ1) is 15.8. The second-order valence-electron chi connectivity index (χ2n) is 11.9. The Balaban J connectivity index is 1.57. The van der Waals surface area contributed by atoms with Crippen molar-refractivity contribution in [3.05, 3.63) is 64.8 Å². The molecule has 1 heteroatoms. The van der Waals surface area contributed by atoms with Gasteiger partial charge >= 0.3 is 0 Å². The minimum Gasteiger partial charge on any atom is -0.200 e. The fraction of sp³-hybridized carbons (Fsp3) is 0.531. The first-order valence-electron chi connectivity index (χ1n) is 13.4. The Kier molecular flexibility index (Phi) is 6.10. The van der Waals surface area contributed by atoms with Crippen molar-refractivity contribution in [2.45, 2.75) is 97.3 Å². The van der Waals surface area contributed by atoms with Gasteiger partial charge in [-0.3, -0.25) is 0 Å². The molecule has 2 fully saturated rings. The van der Waals surface area contributed by atoms with Gasteiger partial charge in [-0.15, -0.1) is 0 Å². The average molecular weight is 441 g/mol. The van der Waals surface area contributed by atoms with Crippen LogP contribution < -0.4 is 4.57 Å². The molecule has 0 N–H and O–H groups in total. The number of aromatic nitrogens is 1. The number of hydrogen-bond acceptors (Lipinski definition) is 0. The second kappa shape index (κ2) is 8.90. The molecule has 1 nitrogen and oxygen atoms in total. The van der Waals surface area contributed by atoms with Crippen molar-refractivity contribution in [2.24, 2.45) is 12.5 Å². The Morgan fingerprint density at radius 3 is 2.21 bits per heavy atom. The molecule has 0 spiro atoms. The van der Waals surface area contributed by atoms with Gasteiger partial charge in [0.1, 0.15) is 7.05 Å². The average Bonchev–Trinajstić information content (AvgIpc) is 2.81. The summed E-state index contributed by atoms with van der Waals surface area (Å²) >= 11 is 0. The molecule has 0 radical (unpaired) electrons. The summed E-state index contributed by atoms with van der Waals surface area (Å²) in [7, 11) is 2.22. The van der Waals surface area contributed by atoms with E-state index in [9.17, 15) is 0 Å². The first kappa shape index (κ1) is 22.6. The van der Waals surface area contributed by atoms with E-state index in [1.807, 2.05) is 0 Å². The van der Waals surface area contributed by atoms with Crippen LogP contribution in [0.5, 0.6) is 0 Å². The van der Waals surface area contributed by atoms with Gasteiger partial charge in [0.15, 0.2) is 6.20 Å². The van der Waals surface area contributed by atoms with Crippen LogP contribution in [0.25, 0.3) is 22.0 Å². The maximum atomic E-state index is 2.53. The Morgan fingerprint density at radius 1 is 0.788 bits per heavy atom. The third-order valence-corrected chi connectivity index (χ3v) is 8.99. The van der Waals surface area contributed by atoms with E-state index >= 15 is 0 Å². The first-order valence-corrected chi connectivity index (χ1v) is 13.4. The van der Waals surface area contributed by atoms with Gasteiger partial charge < -0.3 is 0 Å². The number of fused-ring (bicyclic) bond motifs is 1. The van der Waals surface area contributed by atoms with Gasteiger partial charge in [-0.1, -0.05) is 51.3 Å². The Labute approximate surface area is 201 Å². The van der Waals surface area contributed by atoms with Gasteiger partial charge in [0, 0.05) is 6.07 Å². The highest BCUT2D eigenvalue weighted by atomic mass is 14.9. The van der Waals surface area contributed by atoms with Crippen molar-refractivity contribution in [3.8, 4) is 11.3 Å². The summed E-state index contributed by atoms with van der Waals surface area (Å²) in [6, 6.07) is 14.7. The van der Waals surface area contributed by atoms with Crippen LogP contribution in [0.15, 0.2) is 42.6 Å². The lowest BCUT2D eigenvalue weighted by atomic mass is 9.71. The van der Waals surface area contributed by atoms with Crippen molar-refractivity contribution in [1.82, 2.24) is 0 Å². The van der Waals surface area contributed by atoms with Crippen LogP contribution in [-0.4, -0.2) is 0 Å². The van der Waals surface area contributed by atoms with Gasteiger partial charge in [0.25, 0.3) is 0 Å². The van der Waals surface area contributed by atoms with Crippen molar-refractivity contribution >= 4 is 10.8 Å². The largest absolute Gasteiger partial charge is 0.220 e. The summed E-state index contributed by atoms with van der Waals surface area (Å²) in [5.74, 6) is 1.46. The van der Waals surface area contributed by atoms with Crippen molar-refractivity contribution in [2.75, 3.05) is 0 Å². The van der Waals surface area contributed by atoms with Crippen LogP contribution >= 0.6 is 0 Å². The number of nitrogens with zero attached hydrogens (tertiary/aromatic N) is 1. The lowest BCUT2D eigenvalue weighted by Crippen LogP contribution is -2.31. The van der Waals surface area contributed by atoms with Crippen LogP contribution in [0.4, 0.5) is 0 Å². The minimum absolute atomic E-state index is 0.521. The smallest absolute Gasteiger partial charge is 0.200 e. The lowest BCUT2D eigenvalue weighted by molar-refractivity contribution is -0.659. The minimum atomic E-state index is 0.521. The van der Waals surface area contributed by atoms with Crippen molar-refractivity contribution in [1.29, 1.82) is 0 Å². The molecular formula is C32H42N+. The zero-order valence-corrected chi connectivity index (χ0v) is 21.5. The summed E-state index contributed by atoms with van der Waals surface area (Å²) in [6.45, 7) is 9.48. The second-order valence-corrected chi connectivity index (χ2v) is 11.9. The predicted molar refractivity (Wildman–Crippen MR) is 141 cm³/mol. The number of rotatable bonds is 3. The Morgan fingerprint density at radius 2 is 1.48 bits per heavy atom. The highest BCUT2D eigenvalue weighted by Gasteiger charge is 2.28. The Bertz CT molecular complexity index is 1150. The molecule has 0 saturated heterocycles. The van der Waals surface area contributed by atoms with E-state index in [1.165, 1.54) is 90.9 Å². The topological polar surface area (TPSA) is 3.88 Å². The van der Waals surface area contributed by atoms with E-state index in [4.69, 9.17) is 0 Å². The summed E-state index contributed by atoms with van der Waals surface area (Å²) in [5, 5.41) is 2.79. The van der Waals surface area contributed by atoms with Crippen LogP contribution in [0.1, 0.15) is 106 Å². The number of pyridine rings is 1. The molecule has 0 aliphatic heterocycles. The molecular weight excluding hydrogens is 398 g/mol. The summed E-state index contributed by atoms with van der Waals surface area (Å²) in [4.78, 5) is 0. The van der Waals surface area contributed by atoms with E-state index in [0.717, 1.165) is 11.8 Å². The molecule has 174 valence electrons. The van der Waals surface area contributed by atoms with E-state index in [2.05, 4.69) is 81.9 Å². The van der Waals surface area contributed by atoms with Crippen molar-refractivity contribution < 1.29 is 4.57 Å². The van der Waals surface area contributed by atoms with E-state index in [1.54, 1.807) is 11.1 Å². The Hall–Kier alpha value is -2.15. The molecule has 2 aliphatic carbocycles. The molecule has 5 rings (SSSR count). The molecule has 33 heavy (non-hydrogen) atoms. The zero-order valence-electron chi connectivity index (χ0n) is 21.5. The molecule has 0 amide bonds. The van der Waals surface area contributed by atoms with Gasteiger partial charge in [0.05, 0.1) is 10.9 Å². The standard InChI is InChI=1S/C32H42N/c1-22-19-28(24-9-7-6-8-10-24)21-30(23(22)2)31-29-12-11-26(20-27(29)15-18-33(31)5)25-13-16-32(3,4)17-14-25/h11-12,15,18-21,24-25H,6-10,13-14,16-17H2,1-5H3/q+1. The molecule has 2 aliphatic rings. The monoisotopic (exact) mass is 440 g/mol. The quantitative estimate of drug-likeness (QED) is 0.359. The molecule has 2 saturated carbocycles. The molecule has 2 aromatic carbocycles. The maximum absolute atomic E-state index is 2.53. The molecule has 0 bridgehead atoms. The van der Waals surface area contributed by atoms with Gasteiger partial charge in [-0.25, -0.2) is 4.57 Å². The van der Waals surface area contributed by atoms with E-state index in [0.29, 0.717) is 5.41 Å². The van der Waals surface area contributed by atoms with Crippen LogP contribution in [0, 0.1) is 19.3 Å². The van der Waals surface area contributed by atoms with Gasteiger partial charge in [-0.2, -0.15) is 0 Å². The van der Waals surface area contributed by atoms with E-state index < -0.39 is 0 Å². The molecule has 1 heterocycles. The van der Waals surface area contributed by atoms with Crippen LogP contribution in [0.3, 0.4) is 0 Å². The van der Waals surface area contributed by atoms with Gasteiger partial charge in [0.2, 0.25) is 5.69 Å². The van der Waals surface area contributed by atoms with E-state index in [-0.39, 0.29) is 0 Å². The third kappa shape index (κ3) is 4.48. The van der Waals surface area contributed by atoms with Crippen molar-refractivity contribution in [3.63, 3.8) is 0 Å². The molecule has 0 unspecified atom stereocenters. The van der Waals surface area contributed by atoms with Crippen LogP contribution in [-0.2, 0) is 7.05 Å². The third-order valence-electron chi connectivity index (χ3n) is 8.99. The molecule has 0 atom stereocenters. The van der Waals surface area contributed by atoms with Gasteiger partial charge in [-0.05, 0) is 109 Å². The summed E-state index contributed by atoms with van der Waals surface area (Å²) < 4.78 is 2.34. The maximum Gasteiger partial charge on any atom is 0.220 e. The zero-order chi connectivity index (χ0) is 23.2. The number of hydrogen-bond donors (Lipinski definition) is 0. The molecule has 1 aromatic heterocycles. The lowest BCUT2D eigenvalue weighted by Gasteiger charge is -2.34. The molecule has 3 aromatic rings.